The van der Waals surface area contributed by atoms with Crippen molar-refractivity contribution in [3.63, 3.8) is 0 Å². The topological polar surface area (TPSA) is 76.0 Å². The number of aromatic nitrogens is 3. The van der Waals surface area contributed by atoms with Gasteiger partial charge in [-0.1, -0.05) is 6.07 Å². The van der Waals surface area contributed by atoms with Crippen LogP contribution in [0.25, 0.3) is 32.9 Å². The van der Waals surface area contributed by atoms with Crippen molar-refractivity contribution in [1.82, 2.24) is 15.0 Å². The molecule has 0 radical (unpaired) electrons. The summed E-state index contributed by atoms with van der Waals surface area (Å²) in [6, 6.07) is 14.2. The van der Waals surface area contributed by atoms with E-state index < -0.39 is 0 Å². The molecule has 0 amide bonds. The fraction of sp³-hybridized carbons (Fsp3) is 0.130. The van der Waals surface area contributed by atoms with E-state index in [1.807, 2.05) is 30.3 Å². The van der Waals surface area contributed by atoms with Crippen LogP contribution >= 0.6 is 0 Å². The molecule has 3 heterocycles. The van der Waals surface area contributed by atoms with Crippen LogP contribution in [0.15, 0.2) is 71.9 Å². The van der Waals surface area contributed by atoms with Crippen LogP contribution in [0.4, 0.5) is 5.82 Å². The summed E-state index contributed by atoms with van der Waals surface area (Å²) >= 11 is 0. The quantitative estimate of drug-likeness (QED) is 0.429. The predicted molar refractivity (Wildman–Crippen MR) is 114 cm³/mol. The number of methoxy groups -OCH3 is 1. The van der Waals surface area contributed by atoms with Gasteiger partial charge in [0, 0.05) is 34.6 Å². The summed E-state index contributed by atoms with van der Waals surface area (Å²) in [6.45, 7) is 0.756. The molecule has 0 spiro atoms. The number of H-pyrrole nitrogens is 1. The first-order chi connectivity index (χ1) is 14.3. The SMILES string of the molecule is COc1ccc2[nH]cc(CCNc3ncnc4ccc(-c5ccoc5)cc34)c2c1. The molecular formula is C23H20N4O2. The van der Waals surface area contributed by atoms with Gasteiger partial charge in [0.05, 0.1) is 25.2 Å². The summed E-state index contributed by atoms with van der Waals surface area (Å²) in [6.07, 6.45) is 7.93. The molecule has 3 aromatic heterocycles. The first kappa shape index (κ1) is 17.3. The Morgan fingerprint density at radius 1 is 1.03 bits per heavy atom. The minimum absolute atomic E-state index is 0.756. The zero-order valence-electron chi connectivity index (χ0n) is 16.0. The number of fused-ring (bicyclic) bond motifs is 2. The lowest BCUT2D eigenvalue weighted by molar-refractivity contribution is 0.415. The predicted octanol–water partition coefficient (Wildman–Crippen LogP) is 5.03. The molecule has 0 aliphatic heterocycles. The maximum absolute atomic E-state index is 5.36. The van der Waals surface area contributed by atoms with Crippen molar-refractivity contribution in [3.05, 3.63) is 73.1 Å². The first-order valence-electron chi connectivity index (χ1n) is 9.47. The summed E-state index contributed by atoms with van der Waals surface area (Å²) in [4.78, 5) is 12.2. The molecule has 0 saturated carbocycles. The van der Waals surface area contributed by atoms with Gasteiger partial charge in [-0.3, -0.25) is 0 Å². The van der Waals surface area contributed by atoms with Gasteiger partial charge < -0.3 is 19.5 Å². The molecule has 2 aromatic carbocycles. The fourth-order valence-corrected chi connectivity index (χ4v) is 3.61. The highest BCUT2D eigenvalue weighted by atomic mass is 16.5. The highest BCUT2D eigenvalue weighted by molar-refractivity contribution is 5.92. The lowest BCUT2D eigenvalue weighted by Gasteiger charge is -2.09. The Bertz CT molecular complexity index is 1280. The van der Waals surface area contributed by atoms with Gasteiger partial charge in [-0.2, -0.15) is 0 Å². The van der Waals surface area contributed by atoms with Crippen molar-refractivity contribution in [2.24, 2.45) is 0 Å². The number of rotatable bonds is 6. The molecule has 29 heavy (non-hydrogen) atoms. The van der Waals surface area contributed by atoms with Crippen molar-refractivity contribution < 1.29 is 9.15 Å². The van der Waals surface area contributed by atoms with Gasteiger partial charge in [0.1, 0.15) is 17.9 Å². The Morgan fingerprint density at radius 3 is 2.86 bits per heavy atom. The summed E-state index contributed by atoms with van der Waals surface area (Å²) in [7, 11) is 1.69. The zero-order chi connectivity index (χ0) is 19.6. The third-order valence-electron chi connectivity index (χ3n) is 5.15. The second kappa shape index (κ2) is 7.31. The number of benzene rings is 2. The van der Waals surface area contributed by atoms with E-state index >= 15 is 0 Å². The van der Waals surface area contributed by atoms with E-state index in [9.17, 15) is 0 Å². The molecule has 0 bridgehead atoms. The smallest absolute Gasteiger partial charge is 0.137 e. The number of nitrogens with one attached hydrogen (secondary N) is 2. The molecule has 144 valence electrons. The van der Waals surface area contributed by atoms with Crippen LogP contribution < -0.4 is 10.1 Å². The van der Waals surface area contributed by atoms with E-state index in [2.05, 4.69) is 38.6 Å². The second-order valence-electron chi connectivity index (χ2n) is 6.87. The third-order valence-corrected chi connectivity index (χ3v) is 5.15. The third kappa shape index (κ3) is 3.29. The summed E-state index contributed by atoms with van der Waals surface area (Å²) in [5.74, 6) is 1.69. The van der Waals surface area contributed by atoms with Gasteiger partial charge >= 0.3 is 0 Å². The first-order valence-corrected chi connectivity index (χ1v) is 9.47. The van der Waals surface area contributed by atoms with Crippen molar-refractivity contribution in [1.29, 1.82) is 0 Å². The van der Waals surface area contributed by atoms with E-state index in [0.717, 1.165) is 52.1 Å². The van der Waals surface area contributed by atoms with Gasteiger partial charge in [0.2, 0.25) is 0 Å². The van der Waals surface area contributed by atoms with Gasteiger partial charge in [-0.05, 0) is 53.9 Å². The molecule has 0 atom stereocenters. The lowest BCUT2D eigenvalue weighted by atomic mass is 10.1. The molecule has 0 saturated heterocycles. The molecule has 0 aliphatic carbocycles. The van der Waals surface area contributed by atoms with Gasteiger partial charge in [-0.25, -0.2) is 9.97 Å². The van der Waals surface area contributed by atoms with E-state index in [0.29, 0.717) is 0 Å². The Morgan fingerprint density at radius 2 is 2.00 bits per heavy atom. The van der Waals surface area contributed by atoms with Crippen molar-refractivity contribution in [2.45, 2.75) is 6.42 Å². The Balaban J connectivity index is 1.39. The largest absolute Gasteiger partial charge is 0.497 e. The van der Waals surface area contributed by atoms with E-state index in [1.54, 1.807) is 26.0 Å². The molecular weight excluding hydrogens is 364 g/mol. The number of ether oxygens (including phenoxy) is 1. The van der Waals surface area contributed by atoms with Gasteiger partial charge in [0.25, 0.3) is 0 Å². The molecule has 0 aliphatic rings. The fourth-order valence-electron chi connectivity index (χ4n) is 3.61. The van der Waals surface area contributed by atoms with E-state index in [-0.39, 0.29) is 0 Å². The van der Waals surface area contributed by atoms with Crippen molar-refractivity contribution in [3.8, 4) is 16.9 Å². The monoisotopic (exact) mass is 384 g/mol. The minimum Gasteiger partial charge on any atom is -0.497 e. The molecule has 6 nitrogen and oxygen atoms in total. The normalized spacial score (nSPS) is 11.2. The molecule has 5 rings (SSSR count). The van der Waals surface area contributed by atoms with Crippen LogP contribution in [0.5, 0.6) is 5.75 Å². The molecule has 0 fully saturated rings. The lowest BCUT2D eigenvalue weighted by Crippen LogP contribution is -2.07. The Kier molecular flexibility index (Phi) is 4.37. The molecule has 6 heteroatoms. The Hall–Kier alpha value is -3.80. The van der Waals surface area contributed by atoms with E-state index in [4.69, 9.17) is 9.15 Å². The van der Waals surface area contributed by atoms with Crippen molar-refractivity contribution >= 4 is 27.6 Å². The minimum atomic E-state index is 0.756. The summed E-state index contributed by atoms with van der Waals surface area (Å²) in [5, 5.41) is 5.65. The maximum atomic E-state index is 5.36. The molecule has 5 aromatic rings. The van der Waals surface area contributed by atoms with Crippen LogP contribution in [0.3, 0.4) is 0 Å². The van der Waals surface area contributed by atoms with Gasteiger partial charge in [0.15, 0.2) is 0 Å². The standard InChI is InChI=1S/C23H20N4O2/c1-28-18-3-5-21-19(11-18)16(12-25-21)6-8-24-23-20-10-15(17-7-9-29-13-17)2-4-22(20)26-14-27-23/h2-5,7,9-14,25H,6,8H2,1H3,(H,24,26,27). The number of furan rings is 1. The van der Waals surface area contributed by atoms with Crippen LogP contribution in [-0.2, 0) is 6.42 Å². The molecule has 0 unspecified atom stereocenters. The van der Waals surface area contributed by atoms with Crippen LogP contribution in [0.1, 0.15) is 5.56 Å². The van der Waals surface area contributed by atoms with Gasteiger partial charge in [-0.15, -0.1) is 0 Å². The van der Waals surface area contributed by atoms with Crippen LogP contribution in [-0.4, -0.2) is 28.6 Å². The maximum Gasteiger partial charge on any atom is 0.137 e. The number of nitrogens with zero attached hydrogens (tertiary/aromatic N) is 2. The summed E-state index contributed by atoms with van der Waals surface area (Å²) < 4.78 is 10.6. The number of hydrogen-bond donors (Lipinski definition) is 2. The summed E-state index contributed by atoms with van der Waals surface area (Å²) in [5.41, 5.74) is 5.37. The zero-order valence-corrected chi connectivity index (χ0v) is 16.0. The highest BCUT2D eigenvalue weighted by Gasteiger charge is 2.08. The Labute approximate surface area is 167 Å². The second-order valence-corrected chi connectivity index (χ2v) is 6.87. The average Bonchev–Trinajstić information content (AvgIpc) is 3.44. The number of hydrogen-bond acceptors (Lipinski definition) is 5. The van der Waals surface area contributed by atoms with Crippen LogP contribution in [0, 0.1) is 0 Å². The van der Waals surface area contributed by atoms with Crippen molar-refractivity contribution in [2.75, 3.05) is 19.0 Å². The number of anilines is 1. The highest BCUT2D eigenvalue weighted by Crippen LogP contribution is 2.28. The van der Waals surface area contributed by atoms with Crippen LogP contribution in [0.2, 0.25) is 0 Å². The van der Waals surface area contributed by atoms with E-state index in [1.165, 1.54) is 10.9 Å². The molecule has 2 N–H and O–H groups in total. The average molecular weight is 384 g/mol. The number of aromatic amines is 1.